The van der Waals surface area contributed by atoms with E-state index < -0.39 is 0 Å². The van der Waals surface area contributed by atoms with Crippen molar-refractivity contribution < 1.29 is 0 Å². The standard InChI is InChI=1S/C15H11Br2N3/c16-12-8-18-9-13(17)15(12)20-7-11-4-1-3-10-5-2-6-19-14(10)11/h1-6,8-9H,7H2,(H,18,20). The number of para-hydroxylation sites is 1. The van der Waals surface area contributed by atoms with Crippen LogP contribution in [0.2, 0.25) is 0 Å². The van der Waals surface area contributed by atoms with E-state index in [1.54, 1.807) is 12.4 Å². The van der Waals surface area contributed by atoms with Crippen molar-refractivity contribution in [1.29, 1.82) is 0 Å². The molecule has 100 valence electrons. The molecule has 0 radical (unpaired) electrons. The van der Waals surface area contributed by atoms with Crippen LogP contribution in [0.25, 0.3) is 10.9 Å². The molecule has 2 aromatic heterocycles. The lowest BCUT2D eigenvalue weighted by Crippen LogP contribution is -2.02. The summed E-state index contributed by atoms with van der Waals surface area (Å²) in [6.45, 7) is 0.704. The van der Waals surface area contributed by atoms with E-state index in [1.165, 1.54) is 5.56 Å². The van der Waals surface area contributed by atoms with Crippen LogP contribution < -0.4 is 5.32 Å². The van der Waals surface area contributed by atoms with Crippen LogP contribution in [0.1, 0.15) is 5.56 Å². The topological polar surface area (TPSA) is 37.8 Å². The maximum absolute atomic E-state index is 4.46. The Hall–Kier alpha value is -1.46. The minimum absolute atomic E-state index is 0.704. The molecular weight excluding hydrogens is 382 g/mol. The molecular formula is C15H11Br2N3. The van der Waals surface area contributed by atoms with Crippen molar-refractivity contribution in [3.05, 3.63) is 63.4 Å². The third kappa shape index (κ3) is 2.69. The summed E-state index contributed by atoms with van der Waals surface area (Å²) in [4.78, 5) is 8.57. The minimum Gasteiger partial charge on any atom is -0.379 e. The summed E-state index contributed by atoms with van der Waals surface area (Å²) in [5, 5.41) is 4.57. The summed E-state index contributed by atoms with van der Waals surface area (Å²) in [6, 6.07) is 10.2. The predicted octanol–water partition coefficient (Wildman–Crippen LogP) is 4.77. The second-order valence-electron chi connectivity index (χ2n) is 4.32. The van der Waals surface area contributed by atoms with E-state index in [1.807, 2.05) is 12.3 Å². The molecule has 2 heterocycles. The second-order valence-corrected chi connectivity index (χ2v) is 6.03. The number of hydrogen-bond acceptors (Lipinski definition) is 3. The smallest absolute Gasteiger partial charge is 0.0751 e. The van der Waals surface area contributed by atoms with Crippen molar-refractivity contribution in [2.24, 2.45) is 0 Å². The van der Waals surface area contributed by atoms with E-state index in [9.17, 15) is 0 Å². The third-order valence-electron chi connectivity index (χ3n) is 3.03. The van der Waals surface area contributed by atoms with Gasteiger partial charge in [-0.3, -0.25) is 9.97 Å². The molecule has 0 saturated heterocycles. The molecule has 1 aromatic carbocycles. The molecule has 3 nitrogen and oxygen atoms in total. The number of hydrogen-bond donors (Lipinski definition) is 1. The number of nitrogens with one attached hydrogen (secondary N) is 1. The molecule has 3 rings (SSSR count). The van der Waals surface area contributed by atoms with Gasteiger partial charge in [-0.25, -0.2) is 0 Å². The summed E-state index contributed by atoms with van der Waals surface area (Å²) in [5.41, 5.74) is 3.19. The van der Waals surface area contributed by atoms with Crippen molar-refractivity contribution in [1.82, 2.24) is 9.97 Å². The zero-order valence-corrected chi connectivity index (χ0v) is 13.6. The molecule has 0 unspecified atom stereocenters. The fourth-order valence-electron chi connectivity index (χ4n) is 2.07. The van der Waals surface area contributed by atoms with Crippen LogP contribution >= 0.6 is 31.9 Å². The number of rotatable bonds is 3. The van der Waals surface area contributed by atoms with Gasteiger partial charge in [0.2, 0.25) is 0 Å². The van der Waals surface area contributed by atoms with Gasteiger partial charge in [-0.05, 0) is 43.5 Å². The van der Waals surface area contributed by atoms with Gasteiger partial charge < -0.3 is 5.32 Å². The lowest BCUT2D eigenvalue weighted by atomic mass is 10.1. The highest BCUT2D eigenvalue weighted by molar-refractivity contribution is 9.11. The fraction of sp³-hybridized carbons (Fsp3) is 0.0667. The van der Waals surface area contributed by atoms with Gasteiger partial charge in [0.15, 0.2) is 0 Å². The van der Waals surface area contributed by atoms with Crippen LogP contribution in [0.15, 0.2) is 57.9 Å². The quantitative estimate of drug-likeness (QED) is 0.697. The normalized spacial score (nSPS) is 10.7. The molecule has 0 spiro atoms. The van der Waals surface area contributed by atoms with Gasteiger partial charge in [-0.2, -0.15) is 0 Å². The van der Waals surface area contributed by atoms with Crippen LogP contribution in [-0.2, 0) is 6.54 Å². The first-order valence-electron chi connectivity index (χ1n) is 6.11. The Morgan fingerprint density at radius 1 is 1.00 bits per heavy atom. The van der Waals surface area contributed by atoms with Gasteiger partial charge in [-0.15, -0.1) is 0 Å². The van der Waals surface area contributed by atoms with E-state index in [-0.39, 0.29) is 0 Å². The minimum atomic E-state index is 0.704. The van der Waals surface area contributed by atoms with E-state index >= 15 is 0 Å². The van der Waals surface area contributed by atoms with Crippen LogP contribution in [0.5, 0.6) is 0 Å². The molecule has 0 aliphatic rings. The molecule has 0 atom stereocenters. The molecule has 3 aromatic rings. The molecule has 0 amide bonds. The Labute approximate surface area is 133 Å². The van der Waals surface area contributed by atoms with Gasteiger partial charge in [0.05, 0.1) is 20.1 Å². The number of aromatic nitrogens is 2. The summed E-state index contributed by atoms with van der Waals surface area (Å²) in [5.74, 6) is 0. The van der Waals surface area contributed by atoms with E-state index in [0.717, 1.165) is 25.5 Å². The van der Waals surface area contributed by atoms with Crippen molar-refractivity contribution in [2.75, 3.05) is 5.32 Å². The maximum Gasteiger partial charge on any atom is 0.0751 e. The summed E-state index contributed by atoms with van der Waals surface area (Å²) in [6.07, 6.45) is 5.37. The van der Waals surface area contributed by atoms with E-state index in [0.29, 0.717) is 6.54 Å². The third-order valence-corrected chi connectivity index (χ3v) is 4.23. The van der Waals surface area contributed by atoms with Gasteiger partial charge in [0.25, 0.3) is 0 Å². The molecule has 20 heavy (non-hydrogen) atoms. The zero-order valence-electron chi connectivity index (χ0n) is 10.5. The SMILES string of the molecule is Brc1cncc(Br)c1NCc1cccc2cccnc12. The largest absolute Gasteiger partial charge is 0.379 e. The Kier molecular flexibility index (Phi) is 3.98. The van der Waals surface area contributed by atoms with E-state index in [2.05, 4.69) is 71.4 Å². The Morgan fingerprint density at radius 2 is 1.75 bits per heavy atom. The summed E-state index contributed by atoms with van der Waals surface area (Å²) in [7, 11) is 0. The fourth-order valence-corrected chi connectivity index (χ4v) is 3.28. The summed E-state index contributed by atoms with van der Waals surface area (Å²) < 4.78 is 1.86. The first-order valence-corrected chi connectivity index (χ1v) is 7.70. The molecule has 0 fully saturated rings. The Morgan fingerprint density at radius 3 is 2.55 bits per heavy atom. The van der Waals surface area contributed by atoms with Crippen molar-refractivity contribution >= 4 is 48.5 Å². The number of benzene rings is 1. The molecule has 5 heteroatoms. The van der Waals surface area contributed by atoms with Gasteiger partial charge in [0.1, 0.15) is 0 Å². The average Bonchev–Trinajstić information content (AvgIpc) is 2.47. The highest BCUT2D eigenvalue weighted by Gasteiger charge is 2.06. The number of nitrogens with zero attached hydrogens (tertiary/aromatic N) is 2. The Bertz CT molecular complexity index is 733. The van der Waals surface area contributed by atoms with Crippen molar-refractivity contribution in [3.63, 3.8) is 0 Å². The second kappa shape index (κ2) is 5.89. The highest BCUT2D eigenvalue weighted by atomic mass is 79.9. The van der Waals surface area contributed by atoms with Crippen LogP contribution in [0, 0.1) is 0 Å². The molecule has 0 aliphatic heterocycles. The monoisotopic (exact) mass is 391 g/mol. The lowest BCUT2D eigenvalue weighted by Gasteiger charge is -2.11. The summed E-state index contributed by atoms with van der Waals surface area (Å²) >= 11 is 7.00. The lowest BCUT2D eigenvalue weighted by molar-refractivity contribution is 1.13. The van der Waals surface area contributed by atoms with Crippen LogP contribution in [-0.4, -0.2) is 9.97 Å². The number of halogens is 2. The number of anilines is 1. The van der Waals surface area contributed by atoms with Crippen molar-refractivity contribution in [3.8, 4) is 0 Å². The number of pyridine rings is 2. The molecule has 0 saturated carbocycles. The van der Waals surface area contributed by atoms with Gasteiger partial charge >= 0.3 is 0 Å². The highest BCUT2D eigenvalue weighted by Crippen LogP contribution is 2.30. The van der Waals surface area contributed by atoms with E-state index in [4.69, 9.17) is 0 Å². The molecule has 1 N–H and O–H groups in total. The van der Waals surface area contributed by atoms with Crippen LogP contribution in [0.4, 0.5) is 5.69 Å². The first kappa shape index (κ1) is 13.5. The van der Waals surface area contributed by atoms with Crippen molar-refractivity contribution in [2.45, 2.75) is 6.54 Å². The zero-order chi connectivity index (χ0) is 13.9. The molecule has 0 bridgehead atoms. The predicted molar refractivity (Wildman–Crippen MR) is 88.7 cm³/mol. The molecule has 0 aliphatic carbocycles. The Balaban J connectivity index is 1.91. The first-order chi connectivity index (χ1) is 9.75. The van der Waals surface area contributed by atoms with Gasteiger partial charge in [0, 0.05) is 30.5 Å². The average molecular weight is 393 g/mol. The maximum atomic E-state index is 4.46. The van der Waals surface area contributed by atoms with Crippen LogP contribution in [0.3, 0.4) is 0 Å². The van der Waals surface area contributed by atoms with Gasteiger partial charge in [-0.1, -0.05) is 24.3 Å². The number of fused-ring (bicyclic) bond motifs is 1.